The van der Waals surface area contributed by atoms with Gasteiger partial charge in [-0.05, 0) is 37.7 Å². The summed E-state index contributed by atoms with van der Waals surface area (Å²) in [6.07, 6.45) is 1.12. The molecule has 1 aromatic carbocycles. The van der Waals surface area contributed by atoms with Gasteiger partial charge in [0.1, 0.15) is 0 Å². The van der Waals surface area contributed by atoms with E-state index >= 15 is 0 Å². The van der Waals surface area contributed by atoms with Crippen LogP contribution in [0.4, 0.5) is 0 Å². The quantitative estimate of drug-likeness (QED) is 0.794. The SMILES string of the molecule is CC1OCCC1n1c(=S)[nH]c2cc(Cl)c(Cl)cc21. The summed E-state index contributed by atoms with van der Waals surface area (Å²) in [5.74, 6) is 0. The second-order valence-electron chi connectivity index (χ2n) is 4.52. The van der Waals surface area contributed by atoms with E-state index in [0.717, 1.165) is 24.1 Å². The molecule has 0 saturated carbocycles. The van der Waals surface area contributed by atoms with Gasteiger partial charge in [-0.2, -0.15) is 0 Å². The number of ether oxygens (including phenoxy) is 1. The first-order chi connectivity index (χ1) is 8.58. The molecule has 0 radical (unpaired) electrons. The molecule has 0 bridgehead atoms. The van der Waals surface area contributed by atoms with Crippen LogP contribution >= 0.6 is 35.4 Å². The predicted octanol–water partition coefficient (Wildman–Crippen LogP) is 4.36. The lowest BCUT2D eigenvalue weighted by atomic mass is 10.1. The van der Waals surface area contributed by atoms with Crippen LogP contribution in [0.5, 0.6) is 0 Å². The molecule has 0 amide bonds. The van der Waals surface area contributed by atoms with Crippen LogP contribution in [0.25, 0.3) is 11.0 Å². The molecule has 2 atom stereocenters. The van der Waals surface area contributed by atoms with Crippen LogP contribution in [0, 0.1) is 4.77 Å². The molecule has 1 fully saturated rings. The van der Waals surface area contributed by atoms with E-state index in [1.54, 1.807) is 0 Å². The molecule has 2 heterocycles. The second-order valence-corrected chi connectivity index (χ2v) is 5.72. The number of aromatic nitrogens is 2. The standard InChI is InChI=1S/C12H12Cl2N2OS/c1-6-10(2-3-17-6)16-11-5-8(14)7(13)4-9(11)15-12(16)18/h4-6,10H,2-3H2,1H3,(H,15,18). The molecule has 3 nitrogen and oxygen atoms in total. The molecule has 0 spiro atoms. The summed E-state index contributed by atoms with van der Waals surface area (Å²) in [5, 5.41) is 1.07. The van der Waals surface area contributed by atoms with E-state index < -0.39 is 0 Å². The Morgan fingerprint density at radius 1 is 1.39 bits per heavy atom. The number of rotatable bonds is 1. The number of nitrogens with one attached hydrogen (secondary N) is 1. The van der Waals surface area contributed by atoms with Gasteiger partial charge in [-0.1, -0.05) is 23.2 Å². The van der Waals surface area contributed by atoms with Crippen molar-refractivity contribution in [3.63, 3.8) is 0 Å². The average Bonchev–Trinajstić information content (AvgIpc) is 2.83. The minimum atomic E-state index is 0.158. The molecule has 1 N–H and O–H groups in total. The van der Waals surface area contributed by atoms with Gasteiger partial charge >= 0.3 is 0 Å². The summed E-state index contributed by atoms with van der Waals surface area (Å²) in [6.45, 7) is 2.83. The monoisotopic (exact) mass is 302 g/mol. The Bertz CT molecular complexity index is 664. The fraction of sp³-hybridized carbons (Fsp3) is 0.417. The summed E-state index contributed by atoms with van der Waals surface area (Å²) in [5.41, 5.74) is 1.89. The van der Waals surface area contributed by atoms with Crippen molar-refractivity contribution >= 4 is 46.5 Å². The Morgan fingerprint density at radius 3 is 2.78 bits per heavy atom. The number of aromatic amines is 1. The van der Waals surface area contributed by atoms with Gasteiger partial charge in [0.15, 0.2) is 4.77 Å². The zero-order valence-electron chi connectivity index (χ0n) is 9.74. The molecule has 1 aliphatic rings. The van der Waals surface area contributed by atoms with Crippen molar-refractivity contribution in [3.05, 3.63) is 26.9 Å². The Kier molecular flexibility index (Phi) is 3.14. The van der Waals surface area contributed by atoms with Gasteiger partial charge in [0.25, 0.3) is 0 Å². The zero-order valence-corrected chi connectivity index (χ0v) is 12.1. The first kappa shape index (κ1) is 12.5. The Morgan fingerprint density at radius 2 is 2.11 bits per heavy atom. The lowest BCUT2D eigenvalue weighted by Gasteiger charge is -2.17. The first-order valence-electron chi connectivity index (χ1n) is 5.79. The summed E-state index contributed by atoms with van der Waals surface area (Å²) in [4.78, 5) is 3.17. The molecule has 96 valence electrons. The fourth-order valence-electron chi connectivity index (χ4n) is 2.51. The molecule has 18 heavy (non-hydrogen) atoms. The third-order valence-corrected chi connectivity index (χ3v) is 4.45. The van der Waals surface area contributed by atoms with E-state index in [1.165, 1.54) is 0 Å². The maximum Gasteiger partial charge on any atom is 0.178 e. The summed E-state index contributed by atoms with van der Waals surface area (Å²) < 4.78 is 8.38. The van der Waals surface area contributed by atoms with Crippen molar-refractivity contribution in [2.24, 2.45) is 0 Å². The summed E-state index contributed by atoms with van der Waals surface area (Å²) in [6, 6.07) is 3.92. The smallest absolute Gasteiger partial charge is 0.178 e. The largest absolute Gasteiger partial charge is 0.376 e. The summed E-state index contributed by atoms with van der Waals surface area (Å²) in [7, 11) is 0. The molecule has 1 aromatic heterocycles. The van der Waals surface area contributed by atoms with Gasteiger partial charge in [0, 0.05) is 6.61 Å². The third-order valence-electron chi connectivity index (χ3n) is 3.43. The molecule has 1 aliphatic heterocycles. The normalized spacial score (nSPS) is 23.9. The van der Waals surface area contributed by atoms with Gasteiger partial charge in [-0.25, -0.2) is 0 Å². The number of imidazole rings is 1. The highest BCUT2D eigenvalue weighted by Crippen LogP contribution is 2.33. The van der Waals surface area contributed by atoms with Crippen molar-refractivity contribution in [3.8, 4) is 0 Å². The fourth-order valence-corrected chi connectivity index (χ4v) is 3.17. The molecule has 6 heteroatoms. The molecular formula is C12H12Cl2N2OS. The second kappa shape index (κ2) is 4.53. The zero-order chi connectivity index (χ0) is 12.9. The first-order valence-corrected chi connectivity index (χ1v) is 6.95. The van der Waals surface area contributed by atoms with Gasteiger partial charge in [0.2, 0.25) is 0 Å². The Hall–Kier alpha value is -0.550. The third kappa shape index (κ3) is 1.88. The van der Waals surface area contributed by atoms with E-state index in [9.17, 15) is 0 Å². The van der Waals surface area contributed by atoms with E-state index in [4.69, 9.17) is 40.2 Å². The van der Waals surface area contributed by atoms with Crippen LogP contribution in [0.3, 0.4) is 0 Å². The van der Waals surface area contributed by atoms with E-state index in [2.05, 4.69) is 16.5 Å². The predicted molar refractivity (Wildman–Crippen MR) is 76.2 cm³/mol. The minimum absolute atomic E-state index is 0.158. The number of fused-ring (bicyclic) bond motifs is 1. The highest BCUT2D eigenvalue weighted by Gasteiger charge is 2.27. The highest BCUT2D eigenvalue weighted by atomic mass is 35.5. The molecule has 1 saturated heterocycles. The number of hydrogen-bond acceptors (Lipinski definition) is 2. The molecular weight excluding hydrogens is 291 g/mol. The number of hydrogen-bond donors (Lipinski definition) is 1. The van der Waals surface area contributed by atoms with Gasteiger partial charge < -0.3 is 14.3 Å². The highest BCUT2D eigenvalue weighted by molar-refractivity contribution is 7.71. The van der Waals surface area contributed by atoms with Crippen molar-refractivity contribution < 1.29 is 4.74 Å². The van der Waals surface area contributed by atoms with Crippen molar-refractivity contribution in [2.45, 2.75) is 25.5 Å². The van der Waals surface area contributed by atoms with Crippen LogP contribution in [0.1, 0.15) is 19.4 Å². The Balaban J connectivity index is 2.25. The van der Waals surface area contributed by atoms with Gasteiger partial charge in [0.05, 0.1) is 33.2 Å². The maximum absolute atomic E-state index is 6.09. The molecule has 0 aliphatic carbocycles. The van der Waals surface area contributed by atoms with E-state index in [1.807, 2.05) is 12.1 Å². The maximum atomic E-state index is 6.09. The van der Waals surface area contributed by atoms with Crippen molar-refractivity contribution in [1.29, 1.82) is 0 Å². The average molecular weight is 303 g/mol. The van der Waals surface area contributed by atoms with Crippen LogP contribution in [0.15, 0.2) is 12.1 Å². The topological polar surface area (TPSA) is 29.9 Å². The number of nitrogens with zero attached hydrogens (tertiary/aromatic N) is 1. The Labute approximate surface area is 120 Å². The van der Waals surface area contributed by atoms with Crippen LogP contribution in [0.2, 0.25) is 10.0 Å². The molecule has 3 rings (SSSR count). The number of halogens is 2. The van der Waals surface area contributed by atoms with E-state index in [-0.39, 0.29) is 12.1 Å². The molecule has 2 aromatic rings. The van der Waals surface area contributed by atoms with Crippen molar-refractivity contribution in [2.75, 3.05) is 6.61 Å². The number of benzene rings is 1. The lowest BCUT2D eigenvalue weighted by Crippen LogP contribution is -2.16. The minimum Gasteiger partial charge on any atom is -0.376 e. The van der Waals surface area contributed by atoms with Crippen LogP contribution < -0.4 is 0 Å². The van der Waals surface area contributed by atoms with E-state index in [0.29, 0.717) is 14.8 Å². The van der Waals surface area contributed by atoms with Crippen LogP contribution in [-0.2, 0) is 4.74 Å². The van der Waals surface area contributed by atoms with Gasteiger partial charge in [-0.15, -0.1) is 0 Å². The molecule has 2 unspecified atom stereocenters. The van der Waals surface area contributed by atoms with Gasteiger partial charge in [-0.3, -0.25) is 0 Å². The van der Waals surface area contributed by atoms with Crippen LogP contribution in [-0.4, -0.2) is 22.3 Å². The summed E-state index contributed by atoms with van der Waals surface area (Å²) >= 11 is 17.5. The van der Waals surface area contributed by atoms with Crippen molar-refractivity contribution in [1.82, 2.24) is 9.55 Å². The number of H-pyrrole nitrogens is 1. The lowest BCUT2D eigenvalue weighted by molar-refractivity contribution is 0.108.